The van der Waals surface area contributed by atoms with Crippen LogP contribution < -0.4 is 5.11 Å². The Morgan fingerprint density at radius 1 is 0.821 bits per heavy atom. The van der Waals surface area contributed by atoms with Gasteiger partial charge in [-0.25, -0.2) is 4.98 Å². The Balaban J connectivity index is 1.83. The van der Waals surface area contributed by atoms with Crippen LogP contribution in [0.4, 0.5) is 0 Å². The van der Waals surface area contributed by atoms with Crippen LogP contribution in [0.5, 0.6) is 0 Å². The lowest BCUT2D eigenvalue weighted by molar-refractivity contribution is -0.255. The van der Waals surface area contributed by atoms with Gasteiger partial charge in [0, 0.05) is 5.56 Å². The fourth-order valence-electron chi connectivity index (χ4n) is 2.84. The third-order valence-corrected chi connectivity index (χ3v) is 5.33. The van der Waals surface area contributed by atoms with Gasteiger partial charge in [0.2, 0.25) is 0 Å². The van der Waals surface area contributed by atoms with Crippen molar-refractivity contribution in [2.75, 3.05) is 0 Å². The molecule has 1 aromatic heterocycles. The first-order valence-corrected chi connectivity index (χ1v) is 9.42. The predicted molar refractivity (Wildman–Crippen MR) is 109 cm³/mol. The number of hydrogen-bond acceptors (Lipinski definition) is 5. The number of benzene rings is 3. The highest BCUT2D eigenvalue weighted by Gasteiger charge is 2.18. The number of allylic oxidation sites excluding steroid dienone is 1. The summed E-state index contributed by atoms with van der Waals surface area (Å²) in [5, 5.41) is 11.6. The lowest BCUT2D eigenvalue weighted by Gasteiger charge is -2.06. The van der Waals surface area contributed by atoms with E-state index in [4.69, 9.17) is 0 Å². The molecule has 3 aromatic carbocycles. The van der Waals surface area contributed by atoms with Crippen molar-refractivity contribution in [1.82, 2.24) is 4.98 Å². The van der Waals surface area contributed by atoms with E-state index >= 15 is 0 Å². The Morgan fingerprint density at radius 3 is 2.18 bits per heavy atom. The summed E-state index contributed by atoms with van der Waals surface area (Å²) in [5.41, 5.74) is 2.67. The minimum absolute atomic E-state index is 0.0908. The Kier molecular flexibility index (Phi) is 4.83. The van der Waals surface area contributed by atoms with Crippen LogP contribution in [-0.2, 0) is 0 Å². The molecule has 4 rings (SSSR count). The van der Waals surface area contributed by atoms with Crippen molar-refractivity contribution in [3.8, 4) is 0 Å². The molecule has 0 fully saturated rings. The molecule has 0 amide bonds. The van der Waals surface area contributed by atoms with Gasteiger partial charge < -0.3 is 9.90 Å². The number of nitrogens with zero attached hydrogens (tertiary/aromatic N) is 1. The van der Waals surface area contributed by atoms with Crippen LogP contribution in [0.1, 0.15) is 31.3 Å². The van der Waals surface area contributed by atoms with Gasteiger partial charge in [0.25, 0.3) is 0 Å². The number of aromatic carboxylic acids is 1. The molecule has 0 aliphatic rings. The maximum atomic E-state index is 13.2. The minimum atomic E-state index is -1.23. The molecule has 5 heteroatoms. The zero-order chi connectivity index (χ0) is 19.5. The topological polar surface area (TPSA) is 70.1 Å². The number of ketones is 1. The third-order valence-electron chi connectivity index (χ3n) is 4.26. The van der Waals surface area contributed by atoms with Crippen molar-refractivity contribution in [3.63, 3.8) is 0 Å². The first-order chi connectivity index (χ1) is 13.6. The van der Waals surface area contributed by atoms with E-state index in [1.807, 2.05) is 42.5 Å². The molecule has 0 aliphatic heterocycles. The third kappa shape index (κ3) is 3.61. The van der Waals surface area contributed by atoms with Gasteiger partial charge >= 0.3 is 0 Å². The van der Waals surface area contributed by atoms with E-state index in [1.54, 1.807) is 30.3 Å². The molecular weight excluding hydrogens is 370 g/mol. The first kappa shape index (κ1) is 17.8. The van der Waals surface area contributed by atoms with Gasteiger partial charge in [0.1, 0.15) is 5.01 Å². The maximum absolute atomic E-state index is 13.2. The zero-order valence-electron chi connectivity index (χ0n) is 14.7. The summed E-state index contributed by atoms with van der Waals surface area (Å²) in [7, 11) is 0. The van der Waals surface area contributed by atoms with Gasteiger partial charge in [-0.15, -0.1) is 11.3 Å². The van der Waals surface area contributed by atoms with Crippen LogP contribution in [0.2, 0.25) is 0 Å². The zero-order valence-corrected chi connectivity index (χ0v) is 15.5. The van der Waals surface area contributed by atoms with E-state index in [0.29, 0.717) is 21.7 Å². The fourth-order valence-corrected chi connectivity index (χ4v) is 3.82. The molecule has 0 saturated heterocycles. The van der Waals surface area contributed by atoms with E-state index in [1.165, 1.54) is 23.5 Å². The second kappa shape index (κ2) is 7.58. The molecule has 0 atom stereocenters. The SMILES string of the molecule is O=C([O-])c1ccc(/C=C(/C(=O)c2ccccc2)c2nc3ccccc3s2)cc1. The molecule has 0 saturated carbocycles. The minimum Gasteiger partial charge on any atom is -0.545 e. The van der Waals surface area contributed by atoms with Crippen LogP contribution in [-0.4, -0.2) is 16.7 Å². The van der Waals surface area contributed by atoms with Gasteiger partial charge in [-0.3, -0.25) is 4.79 Å². The standard InChI is InChI=1S/C23H15NO3S/c25-21(16-6-2-1-3-7-16)18(14-15-10-12-17(13-11-15)23(26)27)22-24-19-8-4-5-9-20(19)28-22/h1-14H,(H,26,27)/p-1/b18-14-. The molecule has 0 bridgehead atoms. The number of carbonyl (C=O) groups is 2. The number of fused-ring (bicyclic) bond motifs is 1. The summed E-state index contributed by atoms with van der Waals surface area (Å²) < 4.78 is 0.997. The Morgan fingerprint density at radius 2 is 1.50 bits per heavy atom. The molecular formula is C23H14NO3S-. The van der Waals surface area contributed by atoms with Gasteiger partial charge in [-0.1, -0.05) is 66.7 Å². The number of aromatic nitrogens is 1. The van der Waals surface area contributed by atoms with Gasteiger partial charge in [0.05, 0.1) is 21.8 Å². The Bertz CT molecular complexity index is 1160. The molecule has 136 valence electrons. The molecule has 0 N–H and O–H groups in total. The lowest BCUT2D eigenvalue weighted by atomic mass is 10.0. The quantitative estimate of drug-likeness (QED) is 0.384. The van der Waals surface area contributed by atoms with Crippen molar-refractivity contribution in [2.45, 2.75) is 0 Å². The van der Waals surface area contributed by atoms with Crippen molar-refractivity contribution < 1.29 is 14.7 Å². The van der Waals surface area contributed by atoms with E-state index < -0.39 is 5.97 Å². The fraction of sp³-hybridized carbons (Fsp3) is 0. The molecule has 0 unspecified atom stereocenters. The normalized spacial score (nSPS) is 11.5. The molecule has 4 nitrogen and oxygen atoms in total. The first-order valence-electron chi connectivity index (χ1n) is 8.60. The largest absolute Gasteiger partial charge is 0.545 e. The highest BCUT2D eigenvalue weighted by atomic mass is 32.1. The predicted octanol–water partition coefficient (Wildman–Crippen LogP) is 4.08. The van der Waals surface area contributed by atoms with Crippen LogP contribution >= 0.6 is 11.3 Å². The van der Waals surface area contributed by atoms with Crippen LogP contribution in [0.3, 0.4) is 0 Å². The number of para-hydroxylation sites is 1. The molecule has 4 aromatic rings. The van der Waals surface area contributed by atoms with E-state index in [9.17, 15) is 14.7 Å². The van der Waals surface area contributed by atoms with Gasteiger partial charge in [-0.2, -0.15) is 0 Å². The summed E-state index contributed by atoms with van der Waals surface area (Å²) in [6.07, 6.45) is 1.74. The molecule has 0 aliphatic carbocycles. The highest BCUT2D eigenvalue weighted by Crippen LogP contribution is 2.30. The summed E-state index contributed by atoms with van der Waals surface area (Å²) in [6, 6.07) is 23.0. The highest BCUT2D eigenvalue weighted by molar-refractivity contribution is 7.20. The second-order valence-electron chi connectivity index (χ2n) is 6.15. The number of rotatable bonds is 5. The monoisotopic (exact) mass is 384 g/mol. The van der Waals surface area contributed by atoms with E-state index in [2.05, 4.69) is 4.98 Å². The maximum Gasteiger partial charge on any atom is 0.196 e. The lowest BCUT2D eigenvalue weighted by Crippen LogP contribution is -2.21. The van der Waals surface area contributed by atoms with Gasteiger partial charge in [-0.05, 0) is 29.3 Å². The van der Waals surface area contributed by atoms with Crippen molar-refractivity contribution >= 4 is 45.0 Å². The van der Waals surface area contributed by atoms with E-state index in [-0.39, 0.29) is 11.3 Å². The smallest absolute Gasteiger partial charge is 0.196 e. The Labute approximate surface area is 165 Å². The number of thiazole rings is 1. The van der Waals surface area contributed by atoms with Crippen LogP contribution in [0, 0.1) is 0 Å². The summed E-state index contributed by atoms with van der Waals surface area (Å²) in [4.78, 5) is 28.8. The summed E-state index contributed by atoms with van der Waals surface area (Å²) in [5.74, 6) is -1.37. The number of carboxylic acids is 1. The van der Waals surface area contributed by atoms with Crippen LogP contribution in [0.15, 0.2) is 78.9 Å². The number of carbonyl (C=O) groups excluding carboxylic acids is 2. The number of hydrogen-bond donors (Lipinski definition) is 0. The average molecular weight is 384 g/mol. The average Bonchev–Trinajstić information content (AvgIpc) is 3.16. The molecule has 28 heavy (non-hydrogen) atoms. The van der Waals surface area contributed by atoms with Crippen LogP contribution in [0.25, 0.3) is 21.9 Å². The van der Waals surface area contributed by atoms with Crippen molar-refractivity contribution in [2.24, 2.45) is 0 Å². The summed E-state index contributed by atoms with van der Waals surface area (Å²) in [6.45, 7) is 0. The summed E-state index contributed by atoms with van der Waals surface area (Å²) >= 11 is 1.45. The molecule has 0 spiro atoms. The second-order valence-corrected chi connectivity index (χ2v) is 7.18. The molecule has 1 heterocycles. The van der Waals surface area contributed by atoms with Gasteiger partial charge in [0.15, 0.2) is 5.78 Å². The molecule has 0 radical (unpaired) electrons. The number of Topliss-reactive ketones (excluding diaryl/α,β-unsaturated/α-hetero) is 1. The number of carboxylic acid groups (broad SMARTS) is 1. The van der Waals surface area contributed by atoms with Crippen molar-refractivity contribution in [1.29, 1.82) is 0 Å². The van der Waals surface area contributed by atoms with E-state index in [0.717, 1.165) is 10.2 Å². The Hall–Kier alpha value is -3.57. The van der Waals surface area contributed by atoms with Crippen molar-refractivity contribution in [3.05, 3.63) is 101 Å².